The minimum absolute atomic E-state index is 0.0697. The van der Waals surface area contributed by atoms with E-state index in [0.29, 0.717) is 9.75 Å². The van der Waals surface area contributed by atoms with Crippen molar-refractivity contribution in [1.29, 1.82) is 0 Å². The molecule has 3 heterocycles. The number of halogens is 3. The maximum Gasteiger partial charge on any atom is 0.345 e. The van der Waals surface area contributed by atoms with Gasteiger partial charge in [0.2, 0.25) is 9.23 Å². The number of benzene rings is 3. The molecule has 0 saturated heterocycles. The highest BCUT2D eigenvalue weighted by Crippen LogP contribution is 2.33. The molecule has 3 aromatic heterocycles. The molecule has 6 rings (SSSR count). The highest BCUT2D eigenvalue weighted by atomic mass is 36.0. The van der Waals surface area contributed by atoms with E-state index in [-0.39, 0.29) is 11.1 Å². The molecule has 0 fully saturated rings. The molecule has 1 amide bonds. The first-order valence-electron chi connectivity index (χ1n) is 16.1. The Morgan fingerprint density at radius 1 is 0.611 bits per heavy atom. The highest BCUT2D eigenvalue weighted by Gasteiger charge is 2.15. The van der Waals surface area contributed by atoms with Gasteiger partial charge in [-0.2, -0.15) is 0 Å². The molecule has 0 aliphatic rings. The molecule has 2 N–H and O–H groups in total. The summed E-state index contributed by atoms with van der Waals surface area (Å²) in [6.07, 6.45) is 0. The predicted octanol–water partition coefficient (Wildman–Crippen LogP) is 11.8. The minimum Gasteiger partial charge on any atom is -0.477 e. The zero-order valence-corrected chi connectivity index (χ0v) is 36.2. The number of nitrogens with one attached hydrogen (secondary N) is 1. The summed E-state index contributed by atoms with van der Waals surface area (Å²) in [6, 6.07) is 35.5. The maximum absolute atomic E-state index is 11.9. The van der Waals surface area contributed by atoms with Crippen LogP contribution in [0.5, 0.6) is 0 Å². The van der Waals surface area contributed by atoms with E-state index in [9.17, 15) is 14.4 Å². The normalized spacial score (nSPS) is 9.91. The summed E-state index contributed by atoms with van der Waals surface area (Å²) >= 11 is 9.76. The number of carboxylic acid groups (broad SMARTS) is 1. The topological polar surface area (TPSA) is 104 Å². The van der Waals surface area contributed by atoms with Gasteiger partial charge in [0.15, 0.2) is 0 Å². The van der Waals surface area contributed by atoms with Crippen LogP contribution in [0.15, 0.2) is 109 Å². The third-order valence-electron chi connectivity index (χ3n) is 7.03. The van der Waals surface area contributed by atoms with E-state index in [0.717, 1.165) is 42.4 Å². The highest BCUT2D eigenvalue weighted by molar-refractivity contribution is 8.26. The fraction of sp³-hybridized carbons (Fsp3) is 0.175. The van der Waals surface area contributed by atoms with Gasteiger partial charge in [-0.3, -0.25) is 9.59 Å². The van der Waals surface area contributed by atoms with Gasteiger partial charge < -0.3 is 15.3 Å². The average molecular weight is 864 g/mol. The monoisotopic (exact) mass is 862 g/mol. The molecule has 0 saturated carbocycles. The van der Waals surface area contributed by atoms with Gasteiger partial charge in [0.1, 0.15) is 4.88 Å². The molecule has 7 nitrogen and oxygen atoms in total. The number of hydrogen-bond acceptors (Lipinski definition) is 8. The predicted molar refractivity (Wildman–Crippen MR) is 233 cm³/mol. The SMILES string of the molecule is CNC.Cc1sc(C(=O)Cl)cc1-c1ccccc1.Cc1sc(C(=O)N(C)C)cc1-c1ccccc1.Cc1sc(C(=O)O)cc1-c1ccccc1.O=S(Cl)Cl. The fourth-order valence-electron chi connectivity index (χ4n) is 4.69. The summed E-state index contributed by atoms with van der Waals surface area (Å²) in [6.45, 7) is 6.00. The first-order chi connectivity index (χ1) is 25.6. The van der Waals surface area contributed by atoms with Gasteiger partial charge in [-0.05, 0) is 98.0 Å². The summed E-state index contributed by atoms with van der Waals surface area (Å²) in [7, 11) is 14.7. The molecule has 0 aliphatic heterocycles. The molecule has 0 atom stereocenters. The smallest absolute Gasteiger partial charge is 0.345 e. The van der Waals surface area contributed by atoms with Gasteiger partial charge in [-0.25, -0.2) is 9.00 Å². The van der Waals surface area contributed by atoms with Gasteiger partial charge in [0.05, 0.1) is 9.75 Å². The lowest BCUT2D eigenvalue weighted by Gasteiger charge is -2.07. The number of rotatable bonds is 6. The van der Waals surface area contributed by atoms with E-state index >= 15 is 0 Å². The van der Waals surface area contributed by atoms with Gasteiger partial charge in [0.25, 0.3) is 11.1 Å². The van der Waals surface area contributed by atoms with Crippen molar-refractivity contribution in [2.24, 2.45) is 0 Å². The van der Waals surface area contributed by atoms with Gasteiger partial charge in [-0.1, -0.05) is 91.0 Å². The van der Waals surface area contributed by atoms with Crippen molar-refractivity contribution in [2.45, 2.75) is 20.8 Å². The van der Waals surface area contributed by atoms with Crippen LogP contribution in [-0.4, -0.2) is 59.5 Å². The van der Waals surface area contributed by atoms with Crippen molar-refractivity contribution in [2.75, 3.05) is 28.2 Å². The quantitative estimate of drug-likeness (QED) is 0.162. The van der Waals surface area contributed by atoms with E-state index in [1.165, 1.54) is 33.1 Å². The first-order valence-corrected chi connectivity index (χ1v) is 21.7. The van der Waals surface area contributed by atoms with Crippen molar-refractivity contribution in [1.82, 2.24) is 10.2 Å². The van der Waals surface area contributed by atoms with E-state index in [2.05, 4.69) is 45.7 Å². The second-order valence-electron chi connectivity index (χ2n) is 11.3. The van der Waals surface area contributed by atoms with Gasteiger partial charge >= 0.3 is 5.97 Å². The summed E-state index contributed by atoms with van der Waals surface area (Å²) in [5, 5.41) is 11.2. The lowest BCUT2D eigenvalue weighted by atomic mass is 10.1. The molecule has 54 heavy (non-hydrogen) atoms. The molecule has 0 aliphatic carbocycles. The van der Waals surface area contributed by atoms with Crippen LogP contribution in [0.3, 0.4) is 0 Å². The molecule has 14 heteroatoms. The lowest BCUT2D eigenvalue weighted by molar-refractivity contribution is 0.0701. The van der Waals surface area contributed by atoms with Crippen molar-refractivity contribution in [3.63, 3.8) is 0 Å². The Balaban J connectivity index is 0.000000258. The fourth-order valence-corrected chi connectivity index (χ4v) is 7.68. The Labute approximate surface area is 345 Å². The van der Waals surface area contributed by atoms with Gasteiger partial charge in [0, 0.05) is 50.1 Å². The number of aromatic carboxylic acids is 1. The Morgan fingerprint density at radius 3 is 1.15 bits per heavy atom. The summed E-state index contributed by atoms with van der Waals surface area (Å²) in [4.78, 5) is 40.5. The molecule has 6 aromatic rings. The number of carboxylic acids is 1. The lowest BCUT2D eigenvalue weighted by Crippen LogP contribution is -2.20. The Hall–Kier alpha value is -3.65. The molecule has 0 unspecified atom stereocenters. The number of carbonyl (C=O) groups is 3. The Kier molecular flexibility index (Phi) is 20.7. The number of carbonyl (C=O) groups excluding carboxylic acids is 2. The van der Waals surface area contributed by atoms with Gasteiger partial charge in [-0.15, -0.1) is 34.0 Å². The van der Waals surface area contributed by atoms with Crippen molar-refractivity contribution < 1.29 is 23.7 Å². The molecule has 0 bridgehead atoms. The second-order valence-corrected chi connectivity index (χ2v) is 17.9. The van der Waals surface area contributed by atoms with Crippen molar-refractivity contribution in [3.05, 3.63) is 138 Å². The molecular weight excluding hydrogens is 823 g/mol. The number of hydrogen-bond donors (Lipinski definition) is 2. The largest absolute Gasteiger partial charge is 0.477 e. The van der Waals surface area contributed by atoms with Crippen LogP contribution >= 0.6 is 67.0 Å². The number of aryl methyl sites for hydroxylation is 3. The maximum atomic E-state index is 11.9. The first kappa shape index (κ1) is 46.5. The molecular formula is C40H41Cl3N2O5S4. The second kappa shape index (κ2) is 24.0. The molecule has 286 valence electrons. The Bertz CT molecular complexity index is 2000. The van der Waals surface area contributed by atoms with Crippen LogP contribution in [0, 0.1) is 20.8 Å². The van der Waals surface area contributed by atoms with Crippen LogP contribution < -0.4 is 5.32 Å². The summed E-state index contributed by atoms with van der Waals surface area (Å²) in [5.74, 6) is -0.787. The molecule has 0 spiro atoms. The van der Waals surface area contributed by atoms with Crippen molar-refractivity contribution in [3.8, 4) is 33.4 Å². The summed E-state index contributed by atoms with van der Waals surface area (Å²) < 4.78 is 9.09. The average Bonchev–Trinajstić information content (AvgIpc) is 3.86. The number of thiophene rings is 3. The standard InChI is InChI=1S/C14H15NOS.C12H9ClOS.C12H10O2S.C2H7N.Cl2OS/c1-10-12(11-7-5-4-6-8-11)9-13(17-10)14(16)15(2)3;2*1-8-10(7-11(15-8)12(13)14)9-5-3-2-4-6-9;1-3-2;1-4(2)3/h4-9H,1-3H3;2-7H,1H3;2-7H,1H3,(H,13,14);3H,1-2H3;. The molecule has 3 aromatic carbocycles. The minimum atomic E-state index is -1.67. The van der Waals surface area contributed by atoms with E-state index in [4.69, 9.17) is 20.9 Å². The third-order valence-corrected chi connectivity index (χ3v) is 10.5. The van der Waals surface area contributed by atoms with Crippen LogP contribution in [0.25, 0.3) is 33.4 Å². The van der Waals surface area contributed by atoms with E-state index in [1.807, 2.05) is 119 Å². The van der Waals surface area contributed by atoms with E-state index < -0.39 is 15.2 Å². The zero-order valence-electron chi connectivity index (χ0n) is 30.7. The molecule has 0 radical (unpaired) electrons. The van der Waals surface area contributed by atoms with Crippen LogP contribution in [0.2, 0.25) is 0 Å². The van der Waals surface area contributed by atoms with Crippen LogP contribution in [-0.2, 0) is 9.23 Å². The summed E-state index contributed by atoms with van der Waals surface area (Å²) in [5.41, 5.74) is 6.61. The van der Waals surface area contributed by atoms with Crippen LogP contribution in [0.1, 0.15) is 43.6 Å². The third kappa shape index (κ3) is 15.2. The Morgan fingerprint density at radius 2 is 0.889 bits per heavy atom. The van der Waals surface area contributed by atoms with Crippen LogP contribution in [0.4, 0.5) is 0 Å². The number of nitrogens with zero attached hydrogens (tertiary/aromatic N) is 1. The number of amides is 1. The van der Waals surface area contributed by atoms with E-state index in [1.54, 1.807) is 36.4 Å². The van der Waals surface area contributed by atoms with Crippen molar-refractivity contribution >= 4 is 93.3 Å². The zero-order chi connectivity index (χ0) is 40.4.